The van der Waals surface area contributed by atoms with Gasteiger partial charge in [0.1, 0.15) is 11.4 Å². The van der Waals surface area contributed by atoms with E-state index in [1.165, 1.54) is 12.1 Å². The molecular formula is C30H28F2N6O2. The molecule has 1 atom stereocenters. The molecule has 0 radical (unpaired) electrons. The van der Waals surface area contributed by atoms with E-state index in [-0.39, 0.29) is 24.1 Å². The van der Waals surface area contributed by atoms with Crippen molar-refractivity contribution in [1.29, 1.82) is 0 Å². The number of alkyl halides is 2. The highest BCUT2D eigenvalue weighted by atomic mass is 19.3. The maximum atomic E-state index is 15.4. The van der Waals surface area contributed by atoms with Gasteiger partial charge in [-0.15, -0.1) is 0 Å². The minimum absolute atomic E-state index is 0.0934. The number of carbonyl (C=O) groups excluding carboxylic acids is 2. The van der Waals surface area contributed by atoms with E-state index in [9.17, 15) is 9.59 Å². The molecule has 8 nitrogen and oxygen atoms in total. The van der Waals surface area contributed by atoms with Gasteiger partial charge in [0.25, 0.3) is 11.8 Å². The van der Waals surface area contributed by atoms with Crippen LogP contribution in [0.3, 0.4) is 0 Å². The zero-order chi connectivity index (χ0) is 28.0. The predicted octanol–water partition coefficient (Wildman–Crippen LogP) is 4.16. The maximum absolute atomic E-state index is 15.4. The molecule has 1 aliphatic heterocycles. The Labute approximate surface area is 229 Å². The maximum Gasteiger partial charge on any atom is 0.271 e. The lowest BCUT2D eigenvalue weighted by Gasteiger charge is -2.34. The molecule has 1 aliphatic carbocycles. The Morgan fingerprint density at radius 2 is 1.80 bits per heavy atom. The van der Waals surface area contributed by atoms with Crippen LogP contribution in [0.5, 0.6) is 0 Å². The van der Waals surface area contributed by atoms with Gasteiger partial charge in [0, 0.05) is 36.7 Å². The number of rotatable bonds is 6. The fraction of sp³-hybridized carbons (Fsp3) is 0.267. The van der Waals surface area contributed by atoms with E-state index in [0.717, 1.165) is 5.56 Å². The number of hydrogen-bond acceptors (Lipinski definition) is 5. The molecule has 0 spiro atoms. The molecule has 204 valence electrons. The molecule has 6 rings (SSSR count). The third-order valence-electron chi connectivity index (χ3n) is 7.74. The summed E-state index contributed by atoms with van der Waals surface area (Å²) in [5.41, 5.74) is 9.89. The first-order chi connectivity index (χ1) is 19.2. The summed E-state index contributed by atoms with van der Waals surface area (Å²) >= 11 is 0. The molecule has 1 fully saturated rings. The van der Waals surface area contributed by atoms with Gasteiger partial charge in [-0.1, -0.05) is 49.0 Å². The van der Waals surface area contributed by atoms with Crippen molar-refractivity contribution in [2.75, 3.05) is 13.1 Å². The molecule has 0 saturated carbocycles. The van der Waals surface area contributed by atoms with Crippen LogP contribution in [0.1, 0.15) is 40.5 Å². The number of aromatic nitrogens is 3. The molecule has 3 heterocycles. The van der Waals surface area contributed by atoms with Gasteiger partial charge in [0.15, 0.2) is 5.65 Å². The van der Waals surface area contributed by atoms with Crippen molar-refractivity contribution in [2.45, 2.75) is 37.3 Å². The van der Waals surface area contributed by atoms with Crippen molar-refractivity contribution in [3.05, 3.63) is 90.1 Å². The highest BCUT2D eigenvalue weighted by molar-refractivity contribution is 5.91. The lowest BCUT2D eigenvalue weighted by atomic mass is 9.98. The Morgan fingerprint density at radius 3 is 2.50 bits per heavy atom. The van der Waals surface area contributed by atoms with Crippen LogP contribution in [0.2, 0.25) is 0 Å². The number of nitrogens with one attached hydrogen (secondary N) is 1. The lowest BCUT2D eigenvalue weighted by Crippen LogP contribution is -2.47. The van der Waals surface area contributed by atoms with Gasteiger partial charge in [0.2, 0.25) is 5.91 Å². The quantitative estimate of drug-likeness (QED) is 0.356. The summed E-state index contributed by atoms with van der Waals surface area (Å²) in [7, 11) is 0. The van der Waals surface area contributed by atoms with Crippen LogP contribution < -0.4 is 11.1 Å². The first kappa shape index (κ1) is 25.8. The highest BCUT2D eigenvalue weighted by Gasteiger charge is 2.48. The first-order valence-electron chi connectivity index (χ1n) is 13.2. The van der Waals surface area contributed by atoms with E-state index < -0.39 is 17.9 Å². The van der Waals surface area contributed by atoms with Gasteiger partial charge in [-0.2, -0.15) is 5.10 Å². The van der Waals surface area contributed by atoms with E-state index in [1.54, 1.807) is 27.6 Å². The molecule has 4 aromatic rings. The summed E-state index contributed by atoms with van der Waals surface area (Å²) in [6, 6.07) is 16.7. The number of imidazole rings is 1. The monoisotopic (exact) mass is 542 g/mol. The number of benzene rings is 2. The fourth-order valence-corrected chi connectivity index (χ4v) is 5.74. The van der Waals surface area contributed by atoms with E-state index >= 15 is 8.78 Å². The second kappa shape index (κ2) is 9.95. The molecule has 2 aliphatic rings. The number of fused-ring (bicyclic) bond motifs is 2. The number of nitrogens with two attached hydrogens (primary N) is 1. The number of piperidine rings is 1. The fourth-order valence-electron chi connectivity index (χ4n) is 5.74. The molecule has 1 saturated heterocycles. The molecule has 2 aromatic heterocycles. The van der Waals surface area contributed by atoms with Gasteiger partial charge in [-0.3, -0.25) is 9.59 Å². The van der Waals surface area contributed by atoms with Crippen LogP contribution in [0, 0.1) is 0 Å². The van der Waals surface area contributed by atoms with Crippen molar-refractivity contribution in [3.8, 4) is 22.5 Å². The standard InChI is InChI=1S/C30H28F2N6O2/c1-2-25(39)37-14-12-21(13-15-37)34-28-22-9-8-19(16-20(22)17-30(28,31)32)26-27(18-6-4-3-5-7-18)38-24(35-26)11-10-23(36-38)29(33)40/h2-11,16,21,28,34H,1,12-15,17H2,(H2,33,40)/t28-/m1/s1. The summed E-state index contributed by atoms with van der Waals surface area (Å²) < 4.78 is 32.3. The SMILES string of the molecule is C=CC(=O)N1CCC(N[C@@H]2c3ccc(-c4nc5ccc(C(N)=O)nn5c4-c4ccccc4)cc3CC2(F)F)CC1. The van der Waals surface area contributed by atoms with Crippen LogP contribution >= 0.6 is 0 Å². The topological polar surface area (TPSA) is 106 Å². The normalized spacial score (nSPS) is 18.6. The summed E-state index contributed by atoms with van der Waals surface area (Å²) in [6.07, 6.45) is 2.09. The summed E-state index contributed by atoms with van der Waals surface area (Å²) in [5.74, 6) is -3.76. The molecule has 0 bridgehead atoms. The number of likely N-dealkylation sites (tertiary alicyclic amines) is 1. The number of hydrogen-bond donors (Lipinski definition) is 2. The predicted molar refractivity (Wildman–Crippen MR) is 147 cm³/mol. The number of nitrogens with zero attached hydrogens (tertiary/aromatic N) is 4. The van der Waals surface area contributed by atoms with Gasteiger partial charge in [0.05, 0.1) is 11.7 Å². The van der Waals surface area contributed by atoms with Crippen molar-refractivity contribution in [3.63, 3.8) is 0 Å². The van der Waals surface area contributed by atoms with Crippen molar-refractivity contribution in [1.82, 2.24) is 24.8 Å². The van der Waals surface area contributed by atoms with Crippen LogP contribution in [0.25, 0.3) is 28.2 Å². The zero-order valence-corrected chi connectivity index (χ0v) is 21.7. The van der Waals surface area contributed by atoms with E-state index in [1.807, 2.05) is 36.4 Å². The van der Waals surface area contributed by atoms with Gasteiger partial charge < -0.3 is 16.0 Å². The Morgan fingerprint density at radius 1 is 1.05 bits per heavy atom. The first-order valence-corrected chi connectivity index (χ1v) is 13.2. The Hall–Kier alpha value is -4.44. The second-order valence-corrected chi connectivity index (χ2v) is 10.3. The van der Waals surface area contributed by atoms with Crippen LogP contribution in [-0.2, 0) is 11.2 Å². The Balaban J connectivity index is 1.35. The highest BCUT2D eigenvalue weighted by Crippen LogP contribution is 2.45. The zero-order valence-electron chi connectivity index (χ0n) is 21.7. The van der Waals surface area contributed by atoms with E-state index in [0.29, 0.717) is 59.7 Å². The lowest BCUT2D eigenvalue weighted by molar-refractivity contribution is -0.127. The van der Waals surface area contributed by atoms with Crippen LogP contribution in [0.15, 0.2) is 73.3 Å². The summed E-state index contributed by atoms with van der Waals surface area (Å²) in [5, 5.41) is 7.60. The largest absolute Gasteiger partial charge is 0.364 e. The van der Waals surface area contributed by atoms with Gasteiger partial charge >= 0.3 is 0 Å². The van der Waals surface area contributed by atoms with Crippen molar-refractivity contribution < 1.29 is 18.4 Å². The number of primary amides is 1. The van der Waals surface area contributed by atoms with Gasteiger partial charge in [-0.05, 0) is 48.2 Å². The third-order valence-corrected chi connectivity index (χ3v) is 7.74. The average Bonchev–Trinajstić information content (AvgIpc) is 3.46. The molecule has 3 N–H and O–H groups in total. The van der Waals surface area contributed by atoms with Crippen LogP contribution in [-0.4, -0.2) is 56.4 Å². The van der Waals surface area contributed by atoms with E-state index in [4.69, 9.17) is 10.7 Å². The molecule has 2 aromatic carbocycles. The van der Waals surface area contributed by atoms with Crippen LogP contribution in [0.4, 0.5) is 8.78 Å². The molecule has 0 unspecified atom stereocenters. The minimum Gasteiger partial charge on any atom is -0.364 e. The smallest absolute Gasteiger partial charge is 0.271 e. The average molecular weight is 543 g/mol. The van der Waals surface area contributed by atoms with Crippen molar-refractivity contribution in [2.24, 2.45) is 5.73 Å². The summed E-state index contributed by atoms with van der Waals surface area (Å²) in [6.45, 7) is 4.54. The number of carbonyl (C=O) groups is 2. The Kier molecular flexibility index (Phi) is 6.42. The Bertz CT molecular complexity index is 1630. The summed E-state index contributed by atoms with van der Waals surface area (Å²) in [4.78, 5) is 30.2. The van der Waals surface area contributed by atoms with Crippen molar-refractivity contribution >= 4 is 17.5 Å². The molecule has 40 heavy (non-hydrogen) atoms. The minimum atomic E-state index is -2.96. The molecule has 2 amide bonds. The van der Waals surface area contributed by atoms with E-state index in [2.05, 4.69) is 17.0 Å². The number of amides is 2. The molecular weight excluding hydrogens is 514 g/mol. The third kappa shape index (κ3) is 4.54. The molecule has 10 heteroatoms. The second-order valence-electron chi connectivity index (χ2n) is 10.3. The van der Waals surface area contributed by atoms with Gasteiger partial charge in [-0.25, -0.2) is 18.3 Å². The number of halogens is 2.